The van der Waals surface area contributed by atoms with Crippen molar-refractivity contribution < 1.29 is 27.4 Å². The van der Waals surface area contributed by atoms with E-state index in [4.69, 9.17) is 16.3 Å². The van der Waals surface area contributed by atoms with Gasteiger partial charge in [0.15, 0.2) is 0 Å². The summed E-state index contributed by atoms with van der Waals surface area (Å²) in [5, 5.41) is 0.634. The van der Waals surface area contributed by atoms with Gasteiger partial charge in [-0.05, 0) is 51.3 Å². The van der Waals surface area contributed by atoms with Crippen molar-refractivity contribution in [1.82, 2.24) is 4.90 Å². The minimum Gasteiger partial charge on any atom is -0.444 e. The Morgan fingerprint density at radius 3 is 2.38 bits per heavy atom. The van der Waals surface area contributed by atoms with Crippen LogP contribution in [-0.2, 0) is 11.3 Å². The van der Waals surface area contributed by atoms with Gasteiger partial charge in [0.1, 0.15) is 11.4 Å². The van der Waals surface area contributed by atoms with E-state index in [1.54, 1.807) is 20.8 Å². The molecule has 9 heteroatoms. The fourth-order valence-corrected chi connectivity index (χ4v) is 2.67. The topological polar surface area (TPSA) is 38.8 Å². The lowest BCUT2D eigenvalue weighted by Gasteiger charge is -2.27. The number of carbonyl (C=O) groups excluding carboxylic acids is 1. The summed E-state index contributed by atoms with van der Waals surface area (Å²) in [6.45, 7) is 5.92. The number of alkyl halides is 4. The van der Waals surface area contributed by atoms with Gasteiger partial charge < -0.3 is 14.4 Å². The van der Waals surface area contributed by atoms with E-state index in [-0.39, 0.29) is 11.6 Å². The first-order valence-electron chi connectivity index (χ1n) is 7.99. The van der Waals surface area contributed by atoms with Crippen molar-refractivity contribution in [3.63, 3.8) is 0 Å². The Balaban J connectivity index is 2.89. The monoisotopic (exact) mass is 459 g/mol. The summed E-state index contributed by atoms with van der Waals surface area (Å²) in [5.74, 6) is -0.481. The maximum Gasteiger partial charge on any atom is 0.573 e. The average molecular weight is 461 g/mol. The van der Waals surface area contributed by atoms with Crippen LogP contribution in [0, 0.1) is 0 Å². The van der Waals surface area contributed by atoms with Crippen LogP contribution in [0.2, 0.25) is 5.02 Å². The van der Waals surface area contributed by atoms with E-state index >= 15 is 0 Å². The summed E-state index contributed by atoms with van der Waals surface area (Å²) >= 11 is 9.20. The fourth-order valence-electron chi connectivity index (χ4n) is 2.03. The second-order valence-corrected chi connectivity index (χ2v) is 7.81. The third kappa shape index (κ3) is 8.98. The van der Waals surface area contributed by atoms with Gasteiger partial charge in [0.05, 0.1) is 5.02 Å². The van der Waals surface area contributed by atoms with Crippen molar-refractivity contribution in [3.05, 3.63) is 28.8 Å². The van der Waals surface area contributed by atoms with Gasteiger partial charge in [-0.2, -0.15) is 0 Å². The van der Waals surface area contributed by atoms with Crippen molar-refractivity contribution in [2.45, 2.75) is 52.1 Å². The van der Waals surface area contributed by atoms with E-state index in [0.717, 1.165) is 24.2 Å². The number of nitrogens with zero attached hydrogens (tertiary/aromatic N) is 1. The average Bonchev–Trinajstić information content (AvgIpc) is 2.46. The molecule has 1 rings (SSSR count). The molecule has 0 aliphatic rings. The molecule has 0 bridgehead atoms. The summed E-state index contributed by atoms with van der Waals surface area (Å²) in [7, 11) is 0. The molecule has 0 heterocycles. The maximum absolute atomic E-state index is 12.4. The van der Waals surface area contributed by atoms with Crippen LogP contribution >= 0.6 is 27.5 Å². The van der Waals surface area contributed by atoms with Crippen molar-refractivity contribution in [2.24, 2.45) is 0 Å². The minimum atomic E-state index is -4.82. The molecular formula is C17H22BrClF3NO3. The van der Waals surface area contributed by atoms with Gasteiger partial charge >= 0.3 is 12.5 Å². The first-order chi connectivity index (χ1) is 11.9. The summed E-state index contributed by atoms with van der Waals surface area (Å²) in [6.07, 6.45) is -3.67. The Morgan fingerprint density at radius 2 is 1.88 bits per heavy atom. The van der Waals surface area contributed by atoms with Crippen LogP contribution in [0.4, 0.5) is 18.0 Å². The second kappa shape index (κ2) is 9.69. The zero-order valence-corrected chi connectivity index (χ0v) is 17.2. The van der Waals surface area contributed by atoms with E-state index in [1.165, 1.54) is 17.0 Å². The lowest BCUT2D eigenvalue weighted by molar-refractivity contribution is -0.274. The van der Waals surface area contributed by atoms with Crippen LogP contribution in [0.15, 0.2) is 18.2 Å². The van der Waals surface area contributed by atoms with Crippen LogP contribution in [-0.4, -0.2) is 34.8 Å². The fraction of sp³-hybridized carbons (Fsp3) is 0.588. The Hall–Kier alpha value is -1.15. The highest BCUT2D eigenvalue weighted by Gasteiger charge is 2.32. The molecule has 0 atom stereocenters. The van der Waals surface area contributed by atoms with Gasteiger partial charge in [-0.3, -0.25) is 0 Å². The smallest absolute Gasteiger partial charge is 0.444 e. The number of hydrogen-bond acceptors (Lipinski definition) is 3. The molecule has 0 saturated heterocycles. The van der Waals surface area contributed by atoms with E-state index in [1.807, 2.05) is 0 Å². The van der Waals surface area contributed by atoms with Gasteiger partial charge in [-0.25, -0.2) is 4.79 Å². The number of halogens is 5. The number of ether oxygens (including phenoxy) is 2. The predicted octanol–water partition coefficient (Wildman–Crippen LogP) is 6.15. The van der Waals surface area contributed by atoms with Gasteiger partial charge in [0.2, 0.25) is 0 Å². The standard InChI is InChI=1S/C17H22BrClF3NO3/c1-16(2,3)26-15(24)23(9-5-4-8-18)11-12-6-7-14(13(19)10-12)25-17(20,21)22/h6-7,10H,4-5,8-9,11H2,1-3H3. The molecule has 26 heavy (non-hydrogen) atoms. The molecule has 0 aliphatic heterocycles. The van der Waals surface area contributed by atoms with Gasteiger partial charge in [-0.15, -0.1) is 13.2 Å². The summed E-state index contributed by atoms with van der Waals surface area (Å²) < 4.78 is 46.2. The molecular weight excluding hydrogens is 439 g/mol. The Labute approximate surface area is 164 Å². The molecule has 0 spiro atoms. The predicted molar refractivity (Wildman–Crippen MR) is 97.8 cm³/mol. The molecule has 148 valence electrons. The molecule has 0 N–H and O–H groups in total. The summed E-state index contributed by atoms with van der Waals surface area (Å²) in [6, 6.07) is 3.93. The van der Waals surface area contributed by atoms with Crippen LogP contribution < -0.4 is 4.74 Å². The highest BCUT2D eigenvalue weighted by molar-refractivity contribution is 9.09. The number of unbranched alkanes of at least 4 members (excludes halogenated alkanes) is 1. The number of amides is 1. The van der Waals surface area contributed by atoms with Crippen LogP contribution in [0.5, 0.6) is 5.75 Å². The zero-order valence-electron chi connectivity index (χ0n) is 14.8. The van der Waals surface area contributed by atoms with Crippen LogP contribution in [0.1, 0.15) is 39.2 Å². The van der Waals surface area contributed by atoms with E-state index in [9.17, 15) is 18.0 Å². The lowest BCUT2D eigenvalue weighted by atomic mass is 10.2. The molecule has 0 unspecified atom stereocenters. The van der Waals surface area contributed by atoms with Crippen molar-refractivity contribution in [1.29, 1.82) is 0 Å². The molecule has 0 radical (unpaired) electrons. The lowest BCUT2D eigenvalue weighted by Crippen LogP contribution is -2.37. The maximum atomic E-state index is 12.4. The Bertz CT molecular complexity index is 606. The third-order valence-corrected chi connectivity index (χ3v) is 3.91. The van der Waals surface area contributed by atoms with Gasteiger partial charge in [0, 0.05) is 18.4 Å². The van der Waals surface area contributed by atoms with Crippen molar-refractivity contribution >= 4 is 33.6 Å². The SMILES string of the molecule is CC(C)(C)OC(=O)N(CCCCBr)Cc1ccc(OC(F)(F)F)c(Cl)c1. The molecule has 1 aromatic rings. The zero-order chi connectivity index (χ0) is 20.0. The number of hydrogen-bond donors (Lipinski definition) is 0. The quantitative estimate of drug-likeness (QED) is 0.362. The molecule has 0 saturated carbocycles. The minimum absolute atomic E-state index is 0.170. The first kappa shape index (κ1) is 22.9. The van der Waals surface area contributed by atoms with Crippen molar-refractivity contribution in [3.8, 4) is 5.75 Å². The number of carbonyl (C=O) groups is 1. The van der Waals surface area contributed by atoms with E-state index in [0.29, 0.717) is 12.1 Å². The molecule has 4 nitrogen and oxygen atoms in total. The van der Waals surface area contributed by atoms with Crippen LogP contribution in [0.3, 0.4) is 0 Å². The van der Waals surface area contributed by atoms with Crippen molar-refractivity contribution in [2.75, 3.05) is 11.9 Å². The Morgan fingerprint density at radius 1 is 1.23 bits per heavy atom. The van der Waals surface area contributed by atoms with E-state index in [2.05, 4.69) is 20.7 Å². The first-order valence-corrected chi connectivity index (χ1v) is 9.49. The van der Waals surface area contributed by atoms with E-state index < -0.39 is 23.8 Å². The number of benzene rings is 1. The van der Waals surface area contributed by atoms with Gasteiger partial charge in [-0.1, -0.05) is 33.6 Å². The highest BCUT2D eigenvalue weighted by atomic mass is 79.9. The normalized spacial score (nSPS) is 12.0. The molecule has 0 aromatic heterocycles. The van der Waals surface area contributed by atoms with Crippen LogP contribution in [0.25, 0.3) is 0 Å². The largest absolute Gasteiger partial charge is 0.573 e. The number of rotatable bonds is 7. The molecule has 0 aliphatic carbocycles. The summed E-state index contributed by atoms with van der Waals surface area (Å²) in [4.78, 5) is 13.9. The molecule has 1 amide bonds. The highest BCUT2D eigenvalue weighted by Crippen LogP contribution is 2.31. The molecule has 1 aromatic carbocycles. The molecule has 0 fully saturated rings. The Kier molecular flexibility index (Phi) is 8.53. The summed E-state index contributed by atoms with van der Waals surface area (Å²) in [5.41, 5.74) is -0.0680. The second-order valence-electron chi connectivity index (χ2n) is 6.61. The van der Waals surface area contributed by atoms with Gasteiger partial charge in [0.25, 0.3) is 0 Å². The third-order valence-electron chi connectivity index (χ3n) is 3.06.